The molecule has 0 spiro atoms. The van der Waals surface area contributed by atoms with Gasteiger partial charge in [-0.3, -0.25) is 4.79 Å². The topological polar surface area (TPSA) is 75.9 Å². The first-order valence-electron chi connectivity index (χ1n) is 5.89. The van der Waals surface area contributed by atoms with Crippen LogP contribution in [0, 0.1) is 5.92 Å². The molecule has 2 N–H and O–H groups in total. The second-order valence-corrected chi connectivity index (χ2v) is 4.38. The van der Waals surface area contributed by atoms with Crippen LogP contribution in [0.25, 0.3) is 0 Å². The third-order valence-electron chi connectivity index (χ3n) is 2.99. The molecule has 1 aliphatic rings. The Balaban J connectivity index is 2.36. The fourth-order valence-electron chi connectivity index (χ4n) is 1.78. The Bertz CT molecular complexity index is 275. The van der Waals surface area contributed by atoms with Gasteiger partial charge >= 0.3 is 6.09 Å². The minimum Gasteiger partial charge on any atom is -0.453 e. The number of hydrogen-bond acceptors (Lipinski definition) is 4. The molecule has 1 atom stereocenters. The zero-order valence-corrected chi connectivity index (χ0v) is 10.5. The van der Waals surface area contributed by atoms with E-state index in [-0.39, 0.29) is 17.9 Å². The highest BCUT2D eigenvalue weighted by Gasteiger charge is 2.24. The van der Waals surface area contributed by atoms with E-state index in [1.165, 1.54) is 7.11 Å². The van der Waals surface area contributed by atoms with Crippen molar-refractivity contribution in [3.05, 3.63) is 0 Å². The van der Waals surface area contributed by atoms with Crippen molar-refractivity contribution in [3.8, 4) is 0 Å². The van der Waals surface area contributed by atoms with E-state index >= 15 is 0 Å². The van der Waals surface area contributed by atoms with Crippen LogP contribution in [0.15, 0.2) is 0 Å². The lowest BCUT2D eigenvalue weighted by molar-refractivity contribution is -0.133. The van der Waals surface area contributed by atoms with Gasteiger partial charge in [0.05, 0.1) is 7.11 Å². The Kier molecular flexibility index (Phi) is 5.21. The summed E-state index contributed by atoms with van der Waals surface area (Å²) in [4.78, 5) is 26.5. The number of rotatable bonds is 3. The number of amides is 2. The van der Waals surface area contributed by atoms with E-state index in [0.29, 0.717) is 39.1 Å². The summed E-state index contributed by atoms with van der Waals surface area (Å²) in [5.41, 5.74) is 5.49. The summed E-state index contributed by atoms with van der Waals surface area (Å²) in [7, 11) is 1.36. The fraction of sp³-hybridized carbons (Fsp3) is 0.818. The van der Waals surface area contributed by atoms with Gasteiger partial charge in [0.1, 0.15) is 0 Å². The molecule has 17 heavy (non-hydrogen) atoms. The van der Waals surface area contributed by atoms with Gasteiger partial charge in [-0.2, -0.15) is 0 Å². The van der Waals surface area contributed by atoms with E-state index in [1.54, 1.807) is 9.80 Å². The van der Waals surface area contributed by atoms with Gasteiger partial charge in [0.15, 0.2) is 0 Å². The molecule has 0 saturated carbocycles. The van der Waals surface area contributed by atoms with Gasteiger partial charge < -0.3 is 20.3 Å². The molecule has 6 nitrogen and oxygen atoms in total. The van der Waals surface area contributed by atoms with Crippen LogP contribution in [0.4, 0.5) is 4.79 Å². The van der Waals surface area contributed by atoms with Crippen molar-refractivity contribution in [2.75, 3.05) is 39.8 Å². The molecular formula is C11H21N3O3. The Morgan fingerprint density at radius 3 is 2.24 bits per heavy atom. The highest BCUT2D eigenvalue weighted by molar-refractivity contribution is 5.77. The molecule has 1 aliphatic heterocycles. The largest absolute Gasteiger partial charge is 0.453 e. The van der Waals surface area contributed by atoms with Gasteiger partial charge in [-0.1, -0.05) is 6.92 Å². The maximum atomic E-state index is 11.8. The molecule has 0 bridgehead atoms. The summed E-state index contributed by atoms with van der Waals surface area (Å²) in [6, 6.07) is 0. The van der Waals surface area contributed by atoms with Crippen LogP contribution in [-0.4, -0.2) is 61.6 Å². The van der Waals surface area contributed by atoms with Crippen molar-refractivity contribution in [1.82, 2.24) is 9.80 Å². The molecule has 1 unspecified atom stereocenters. The lowest BCUT2D eigenvalue weighted by Gasteiger charge is -2.34. The van der Waals surface area contributed by atoms with Crippen molar-refractivity contribution in [3.63, 3.8) is 0 Å². The monoisotopic (exact) mass is 243 g/mol. The molecule has 98 valence electrons. The summed E-state index contributed by atoms with van der Waals surface area (Å²) in [6.07, 6.45) is 0.154. The van der Waals surface area contributed by atoms with E-state index < -0.39 is 0 Å². The van der Waals surface area contributed by atoms with Gasteiger partial charge in [-0.05, 0) is 12.5 Å². The van der Waals surface area contributed by atoms with E-state index in [1.807, 2.05) is 6.92 Å². The molecule has 0 aliphatic carbocycles. The van der Waals surface area contributed by atoms with Crippen molar-refractivity contribution in [2.24, 2.45) is 11.7 Å². The molecule has 0 radical (unpaired) electrons. The van der Waals surface area contributed by atoms with Gasteiger partial charge in [-0.25, -0.2) is 4.79 Å². The molecule has 1 rings (SSSR count). The molecule has 1 fully saturated rings. The van der Waals surface area contributed by atoms with Gasteiger partial charge in [0.2, 0.25) is 5.91 Å². The number of carbonyl (C=O) groups excluding carboxylic acids is 2. The smallest absolute Gasteiger partial charge is 0.409 e. The first kappa shape index (κ1) is 13.8. The molecule has 1 heterocycles. The van der Waals surface area contributed by atoms with Crippen LogP contribution in [-0.2, 0) is 9.53 Å². The third kappa shape index (κ3) is 3.89. The van der Waals surface area contributed by atoms with Crippen molar-refractivity contribution in [2.45, 2.75) is 13.3 Å². The van der Waals surface area contributed by atoms with Crippen LogP contribution < -0.4 is 5.73 Å². The third-order valence-corrected chi connectivity index (χ3v) is 2.99. The van der Waals surface area contributed by atoms with Crippen LogP contribution >= 0.6 is 0 Å². The first-order chi connectivity index (χ1) is 8.08. The predicted octanol–water partition coefficient (Wildman–Crippen LogP) is -0.118. The van der Waals surface area contributed by atoms with E-state index in [0.717, 1.165) is 0 Å². The van der Waals surface area contributed by atoms with E-state index in [4.69, 9.17) is 5.73 Å². The summed E-state index contributed by atoms with van der Waals surface area (Å²) in [5, 5.41) is 0. The zero-order valence-electron chi connectivity index (χ0n) is 10.5. The van der Waals surface area contributed by atoms with E-state index in [2.05, 4.69) is 4.74 Å². The SMILES string of the molecule is COC(=O)N1CCN(C(=O)CC(C)CN)CC1. The average Bonchev–Trinajstić information content (AvgIpc) is 2.37. The predicted molar refractivity (Wildman–Crippen MR) is 63.4 cm³/mol. The number of ether oxygens (including phenoxy) is 1. The van der Waals surface area contributed by atoms with Crippen LogP contribution in [0.3, 0.4) is 0 Å². The van der Waals surface area contributed by atoms with E-state index in [9.17, 15) is 9.59 Å². The number of nitrogens with zero attached hydrogens (tertiary/aromatic N) is 2. The van der Waals surface area contributed by atoms with Gasteiger partial charge in [0.25, 0.3) is 0 Å². The molecule has 6 heteroatoms. The maximum absolute atomic E-state index is 11.8. The zero-order chi connectivity index (χ0) is 12.8. The highest BCUT2D eigenvalue weighted by Crippen LogP contribution is 2.08. The molecule has 1 saturated heterocycles. The number of nitrogens with two attached hydrogens (primary N) is 1. The standard InChI is InChI=1S/C11H21N3O3/c1-9(8-12)7-10(15)13-3-5-14(6-4-13)11(16)17-2/h9H,3-8,12H2,1-2H3. The number of piperazine rings is 1. The number of carbonyl (C=O) groups is 2. The van der Waals surface area contributed by atoms with Crippen molar-refractivity contribution < 1.29 is 14.3 Å². The Hall–Kier alpha value is -1.30. The first-order valence-corrected chi connectivity index (χ1v) is 5.89. The van der Waals surface area contributed by atoms with Gasteiger partial charge in [-0.15, -0.1) is 0 Å². The summed E-state index contributed by atoms with van der Waals surface area (Å²) in [6.45, 7) is 4.71. The van der Waals surface area contributed by atoms with Crippen LogP contribution in [0.1, 0.15) is 13.3 Å². The van der Waals surface area contributed by atoms with Crippen molar-refractivity contribution >= 4 is 12.0 Å². The minimum absolute atomic E-state index is 0.118. The Morgan fingerprint density at radius 2 is 1.76 bits per heavy atom. The lowest BCUT2D eigenvalue weighted by atomic mass is 10.1. The Morgan fingerprint density at radius 1 is 1.24 bits per heavy atom. The second kappa shape index (κ2) is 6.44. The molecule has 0 aromatic heterocycles. The second-order valence-electron chi connectivity index (χ2n) is 4.38. The summed E-state index contributed by atoms with van der Waals surface area (Å²) >= 11 is 0. The Labute approximate surface area is 102 Å². The molecule has 0 aromatic carbocycles. The average molecular weight is 243 g/mol. The number of methoxy groups -OCH3 is 1. The van der Waals surface area contributed by atoms with Gasteiger partial charge in [0, 0.05) is 32.6 Å². The summed E-state index contributed by atoms with van der Waals surface area (Å²) < 4.78 is 4.63. The molecule has 0 aromatic rings. The van der Waals surface area contributed by atoms with Crippen LogP contribution in [0.5, 0.6) is 0 Å². The quantitative estimate of drug-likeness (QED) is 0.750. The fourth-order valence-corrected chi connectivity index (χ4v) is 1.78. The minimum atomic E-state index is -0.326. The normalized spacial score (nSPS) is 17.8. The van der Waals surface area contributed by atoms with Crippen LogP contribution in [0.2, 0.25) is 0 Å². The summed E-state index contributed by atoms with van der Waals surface area (Å²) in [5.74, 6) is 0.327. The lowest BCUT2D eigenvalue weighted by Crippen LogP contribution is -2.50. The molecular weight excluding hydrogens is 222 g/mol. The maximum Gasteiger partial charge on any atom is 0.409 e. The van der Waals surface area contributed by atoms with Crippen molar-refractivity contribution in [1.29, 1.82) is 0 Å². The highest BCUT2D eigenvalue weighted by atomic mass is 16.5. The number of hydrogen-bond donors (Lipinski definition) is 1. The molecule has 2 amide bonds.